The minimum absolute atomic E-state index is 0.00335. The number of anilines is 1. The maximum absolute atomic E-state index is 13.9. The molecule has 1 aromatic carbocycles. The molecule has 44 heavy (non-hydrogen) atoms. The Morgan fingerprint density at radius 3 is 2.36 bits per heavy atom. The molecule has 0 aliphatic rings. The van der Waals surface area contributed by atoms with Crippen molar-refractivity contribution in [1.29, 1.82) is 0 Å². The number of alkyl halides is 3. The van der Waals surface area contributed by atoms with Gasteiger partial charge in [0, 0.05) is 29.8 Å². The van der Waals surface area contributed by atoms with Gasteiger partial charge in [-0.1, -0.05) is 0 Å². The topological polar surface area (TPSA) is 125 Å². The van der Waals surface area contributed by atoms with Crippen molar-refractivity contribution in [3.05, 3.63) is 81.5 Å². The molecule has 0 atom stereocenters. The number of nitrogens with zero attached hydrogens (tertiary/aromatic N) is 3. The first-order valence-electron chi connectivity index (χ1n) is 12.4. The predicted octanol–water partition coefficient (Wildman–Crippen LogP) is 6.59. The van der Waals surface area contributed by atoms with E-state index < -0.39 is 65.1 Å². The van der Waals surface area contributed by atoms with Crippen LogP contribution in [0.15, 0.2) is 34.9 Å². The number of aryl methyl sites for hydroxylation is 2. The third kappa shape index (κ3) is 5.57. The second-order valence-corrected chi connectivity index (χ2v) is 10.2. The Labute approximate surface area is 246 Å². The van der Waals surface area contributed by atoms with Gasteiger partial charge in [0.25, 0.3) is 11.8 Å². The summed E-state index contributed by atoms with van der Waals surface area (Å²) in [6.45, 7) is 2.99. The molecule has 0 fully saturated rings. The lowest BCUT2D eigenvalue weighted by Crippen LogP contribution is -2.16. The van der Waals surface area contributed by atoms with E-state index in [1.165, 1.54) is 10.9 Å². The van der Waals surface area contributed by atoms with Crippen molar-refractivity contribution in [2.45, 2.75) is 33.2 Å². The quantitative estimate of drug-likeness (QED) is 0.146. The molecule has 0 aliphatic carbocycles. The second-order valence-electron chi connectivity index (χ2n) is 9.19. The van der Waals surface area contributed by atoms with Crippen LogP contribution in [0.4, 0.5) is 36.4 Å². The summed E-state index contributed by atoms with van der Waals surface area (Å²) < 4.78 is 108. The maximum Gasteiger partial charge on any atom is 0.433 e. The van der Waals surface area contributed by atoms with Gasteiger partial charge in [0.15, 0.2) is 23.1 Å². The summed E-state index contributed by atoms with van der Waals surface area (Å²) in [5.41, 5.74) is 4.62. The molecule has 5 aromatic rings. The van der Waals surface area contributed by atoms with Crippen molar-refractivity contribution in [1.82, 2.24) is 14.8 Å². The molecule has 0 aliphatic heterocycles. The number of furan rings is 1. The van der Waals surface area contributed by atoms with Gasteiger partial charge in [-0.2, -0.15) is 27.1 Å². The Hall–Kier alpha value is -4.93. The average molecular weight is 642 g/mol. The van der Waals surface area contributed by atoms with E-state index in [-0.39, 0.29) is 43.7 Å². The average Bonchev–Trinajstić information content (AvgIpc) is 3.68. The number of hydrogen-bond acceptors (Lipinski definition) is 7. The predicted molar refractivity (Wildman–Crippen MR) is 142 cm³/mol. The van der Waals surface area contributed by atoms with Crippen molar-refractivity contribution in [3.8, 4) is 16.9 Å². The van der Waals surface area contributed by atoms with Crippen molar-refractivity contribution >= 4 is 39.1 Å². The minimum Gasteiger partial charge on any atom is -0.479 e. The highest BCUT2D eigenvalue weighted by atomic mass is 32.1. The van der Waals surface area contributed by atoms with Crippen LogP contribution in [0.5, 0.6) is 5.75 Å². The molecule has 4 aromatic heterocycles. The minimum atomic E-state index is -4.85. The number of primary amides is 1. The largest absolute Gasteiger partial charge is 0.479 e. The zero-order chi connectivity index (χ0) is 32.1. The highest BCUT2D eigenvalue weighted by Gasteiger charge is 2.35. The number of carbonyl (C=O) groups is 2. The number of amides is 2. The Morgan fingerprint density at radius 1 is 1.09 bits per heavy atom. The Balaban J connectivity index is 1.53. The molecule has 0 bridgehead atoms. The summed E-state index contributed by atoms with van der Waals surface area (Å²) in [6.07, 6.45) is -3.35. The molecule has 0 radical (unpaired) electrons. The van der Waals surface area contributed by atoms with Crippen LogP contribution < -0.4 is 15.8 Å². The summed E-state index contributed by atoms with van der Waals surface area (Å²) in [5, 5.41) is 6.68. The van der Waals surface area contributed by atoms with Gasteiger partial charge in [-0.15, -0.1) is 11.3 Å². The third-order valence-electron chi connectivity index (χ3n) is 6.29. The van der Waals surface area contributed by atoms with E-state index in [0.29, 0.717) is 23.6 Å². The first-order chi connectivity index (χ1) is 20.7. The molecular weight excluding hydrogens is 623 g/mol. The Bertz CT molecular complexity index is 1920. The first-order valence-corrected chi connectivity index (χ1v) is 13.3. The molecule has 0 saturated heterocycles. The van der Waals surface area contributed by atoms with Gasteiger partial charge in [-0.05, 0) is 37.6 Å². The number of pyridine rings is 1. The molecule has 4 heterocycles. The fraction of sp³-hybridized carbons (Fsp3) is 0.185. The van der Waals surface area contributed by atoms with Crippen molar-refractivity contribution in [2.24, 2.45) is 5.73 Å². The van der Waals surface area contributed by atoms with Crippen LogP contribution >= 0.6 is 11.3 Å². The van der Waals surface area contributed by atoms with Crippen molar-refractivity contribution in [2.75, 3.05) is 5.32 Å². The standard InChI is InChI=1S/C27H18F7N5O4S/c1-3-39-8-13(10(2)38-39)12-6-17(27(32,33)34)36-26-18(12)21(23(44-26)24(35)40)37-25(41)16-5-4-11(43-16)9-42-22-19(30)14(28)7-15(29)20(22)31/h4-8H,3,9H2,1-2H3,(H2,35,40)(H,37,41). The zero-order valence-corrected chi connectivity index (χ0v) is 23.2. The van der Waals surface area contributed by atoms with Crippen LogP contribution in [-0.2, 0) is 19.3 Å². The van der Waals surface area contributed by atoms with E-state index in [1.54, 1.807) is 13.8 Å². The van der Waals surface area contributed by atoms with E-state index in [1.807, 2.05) is 0 Å². The summed E-state index contributed by atoms with van der Waals surface area (Å²) >= 11 is 0.532. The highest BCUT2D eigenvalue weighted by Crippen LogP contribution is 2.44. The van der Waals surface area contributed by atoms with Gasteiger partial charge >= 0.3 is 6.18 Å². The van der Waals surface area contributed by atoms with Crippen LogP contribution in [0, 0.1) is 30.2 Å². The van der Waals surface area contributed by atoms with E-state index in [9.17, 15) is 40.3 Å². The van der Waals surface area contributed by atoms with Crippen molar-refractivity contribution in [3.63, 3.8) is 0 Å². The number of nitrogens with one attached hydrogen (secondary N) is 1. The number of hydrogen-bond donors (Lipinski definition) is 2. The van der Waals surface area contributed by atoms with Gasteiger partial charge in [-0.25, -0.2) is 13.8 Å². The van der Waals surface area contributed by atoms with E-state index in [2.05, 4.69) is 15.4 Å². The van der Waals surface area contributed by atoms with Crippen LogP contribution in [0.3, 0.4) is 0 Å². The van der Waals surface area contributed by atoms with Gasteiger partial charge < -0.3 is 20.2 Å². The van der Waals surface area contributed by atoms with Gasteiger partial charge in [0.05, 0.1) is 11.4 Å². The normalized spacial score (nSPS) is 11.8. The zero-order valence-electron chi connectivity index (χ0n) is 22.4. The summed E-state index contributed by atoms with van der Waals surface area (Å²) in [7, 11) is 0. The summed E-state index contributed by atoms with van der Waals surface area (Å²) in [5.74, 6) is -11.0. The van der Waals surface area contributed by atoms with Gasteiger partial charge in [-0.3, -0.25) is 14.3 Å². The molecular formula is C27H18F7N5O4S. The fourth-order valence-electron chi connectivity index (χ4n) is 4.27. The lowest BCUT2D eigenvalue weighted by molar-refractivity contribution is -0.140. The smallest absolute Gasteiger partial charge is 0.433 e. The maximum atomic E-state index is 13.9. The number of thiophene rings is 1. The Kier molecular flexibility index (Phi) is 7.83. The molecule has 2 amide bonds. The number of nitrogens with two attached hydrogens (primary N) is 1. The van der Waals surface area contributed by atoms with E-state index in [4.69, 9.17) is 14.9 Å². The summed E-state index contributed by atoms with van der Waals surface area (Å²) in [6, 6.07) is 3.05. The molecule has 0 unspecified atom stereocenters. The van der Waals surface area contributed by atoms with Crippen LogP contribution in [-0.4, -0.2) is 26.6 Å². The number of carbonyl (C=O) groups excluding carboxylic acids is 2. The number of halogens is 7. The number of rotatable bonds is 8. The second kappa shape index (κ2) is 11.3. The highest BCUT2D eigenvalue weighted by molar-refractivity contribution is 7.21. The molecule has 0 saturated carbocycles. The van der Waals surface area contributed by atoms with E-state index >= 15 is 0 Å². The van der Waals surface area contributed by atoms with E-state index in [0.717, 1.165) is 18.2 Å². The molecule has 9 nitrogen and oxygen atoms in total. The monoisotopic (exact) mass is 641 g/mol. The summed E-state index contributed by atoms with van der Waals surface area (Å²) in [4.78, 5) is 28.6. The number of ether oxygens (including phenoxy) is 1. The lowest BCUT2D eigenvalue weighted by Gasteiger charge is -2.11. The van der Waals surface area contributed by atoms with Gasteiger partial charge in [0.2, 0.25) is 11.6 Å². The third-order valence-corrected chi connectivity index (χ3v) is 7.39. The van der Waals surface area contributed by atoms with Gasteiger partial charge in [0.1, 0.15) is 27.8 Å². The molecule has 230 valence electrons. The molecule has 5 rings (SSSR count). The van der Waals surface area contributed by atoms with Crippen LogP contribution in [0.25, 0.3) is 21.3 Å². The number of benzene rings is 1. The van der Waals surface area contributed by atoms with Crippen LogP contribution in [0.2, 0.25) is 0 Å². The van der Waals surface area contributed by atoms with Crippen LogP contribution in [0.1, 0.15) is 44.3 Å². The number of fused-ring (bicyclic) bond motifs is 1. The van der Waals surface area contributed by atoms with Crippen molar-refractivity contribution < 1.29 is 49.5 Å². The number of aromatic nitrogens is 3. The fourth-order valence-corrected chi connectivity index (χ4v) is 5.27. The SMILES string of the molecule is CCn1cc(-c2cc(C(F)(F)F)nc3sc(C(N)=O)c(NC(=O)c4ccc(COc5c(F)c(F)cc(F)c5F)o4)c23)c(C)n1. The first kappa shape index (κ1) is 30.5. The molecule has 3 N–H and O–H groups in total. The molecule has 0 spiro atoms. The Morgan fingerprint density at radius 2 is 1.77 bits per heavy atom. The molecule has 17 heteroatoms. The lowest BCUT2D eigenvalue weighted by atomic mass is 10.0.